The van der Waals surface area contributed by atoms with E-state index in [2.05, 4.69) is 95.9 Å². The molecule has 0 N–H and O–H groups in total. The Morgan fingerprint density at radius 2 is 0.814 bits per heavy atom. The van der Waals surface area contributed by atoms with Crippen molar-refractivity contribution in [3.05, 3.63) is 102 Å². The number of benzene rings is 4. The number of rotatable bonds is 5. The lowest BCUT2D eigenvalue weighted by Crippen LogP contribution is -2.48. The van der Waals surface area contributed by atoms with Crippen LogP contribution < -0.4 is 4.90 Å². The summed E-state index contributed by atoms with van der Waals surface area (Å²) in [4.78, 5) is 2.54. The minimum atomic E-state index is 0.442. The lowest BCUT2D eigenvalue weighted by molar-refractivity contribution is -0.00529. The smallest absolute Gasteiger partial charge is 0.0540 e. The van der Waals surface area contributed by atoms with Crippen molar-refractivity contribution in [2.45, 2.75) is 87.9 Å². The molecule has 1 nitrogen and oxygen atoms in total. The highest BCUT2D eigenvalue weighted by molar-refractivity contribution is 5.98. The van der Waals surface area contributed by atoms with Crippen LogP contribution in [0.2, 0.25) is 0 Å². The van der Waals surface area contributed by atoms with Gasteiger partial charge in [0.25, 0.3) is 0 Å². The fraction of sp³-hybridized carbons (Fsp3) is 0.476. The molecule has 12 rings (SSSR count). The van der Waals surface area contributed by atoms with Gasteiger partial charge in [-0.3, -0.25) is 0 Å². The van der Waals surface area contributed by atoms with Gasteiger partial charge < -0.3 is 4.90 Å². The average Bonchev–Trinajstić information content (AvgIpc) is 3.01. The van der Waals surface area contributed by atoms with Crippen LogP contribution in [0.5, 0.6) is 0 Å². The predicted molar refractivity (Wildman–Crippen MR) is 178 cm³/mol. The summed E-state index contributed by atoms with van der Waals surface area (Å²) >= 11 is 0. The van der Waals surface area contributed by atoms with Gasteiger partial charge in [-0.05, 0) is 170 Å². The van der Waals surface area contributed by atoms with E-state index in [4.69, 9.17) is 0 Å². The van der Waals surface area contributed by atoms with Gasteiger partial charge in [0.2, 0.25) is 0 Å². The molecule has 4 aromatic rings. The van der Waals surface area contributed by atoms with E-state index in [0.29, 0.717) is 10.8 Å². The first-order chi connectivity index (χ1) is 21.1. The third-order valence-electron chi connectivity index (χ3n) is 13.6. The zero-order valence-corrected chi connectivity index (χ0v) is 25.6. The van der Waals surface area contributed by atoms with E-state index in [1.54, 1.807) is 11.1 Å². The Bertz CT molecular complexity index is 1510. The van der Waals surface area contributed by atoms with Crippen molar-refractivity contribution in [2.24, 2.45) is 35.5 Å². The molecule has 0 atom stereocenters. The Balaban J connectivity index is 1.04. The molecule has 8 aliphatic rings. The van der Waals surface area contributed by atoms with Crippen molar-refractivity contribution in [1.29, 1.82) is 0 Å². The molecule has 8 fully saturated rings. The van der Waals surface area contributed by atoms with Crippen LogP contribution in [0.25, 0.3) is 10.8 Å². The van der Waals surface area contributed by atoms with Crippen LogP contribution >= 0.6 is 0 Å². The quantitative estimate of drug-likeness (QED) is 0.233. The van der Waals surface area contributed by atoms with E-state index in [1.165, 1.54) is 105 Å². The lowest BCUT2D eigenvalue weighted by Gasteiger charge is -2.57. The normalized spacial score (nSPS) is 36.8. The van der Waals surface area contributed by atoms with Crippen LogP contribution in [0.1, 0.15) is 88.2 Å². The van der Waals surface area contributed by atoms with Crippen LogP contribution in [-0.2, 0) is 10.8 Å². The van der Waals surface area contributed by atoms with Gasteiger partial charge in [0, 0.05) is 16.8 Å². The molecule has 0 heterocycles. The van der Waals surface area contributed by atoms with E-state index >= 15 is 0 Å². The minimum absolute atomic E-state index is 0.442. The van der Waals surface area contributed by atoms with Gasteiger partial charge >= 0.3 is 0 Å². The SMILES string of the molecule is c1ccc2c(N(c3ccc(C45CC6CC(CC(C6)C4)C5)cc3)c3ccc(C45CC6CC(CC(C6)C4)C5)cc3)cccc2c1. The summed E-state index contributed by atoms with van der Waals surface area (Å²) in [6.45, 7) is 0. The van der Waals surface area contributed by atoms with Gasteiger partial charge in [-0.15, -0.1) is 0 Å². The number of anilines is 3. The number of nitrogens with zero attached hydrogens (tertiary/aromatic N) is 1. The number of hydrogen-bond donors (Lipinski definition) is 0. The molecule has 0 amide bonds. The van der Waals surface area contributed by atoms with Crippen molar-refractivity contribution in [1.82, 2.24) is 0 Å². The van der Waals surface area contributed by atoms with Gasteiger partial charge in [-0.2, -0.15) is 0 Å². The fourth-order valence-electron chi connectivity index (χ4n) is 12.7. The molecule has 8 aliphatic carbocycles. The number of fused-ring (bicyclic) bond motifs is 1. The van der Waals surface area contributed by atoms with Crippen LogP contribution in [0, 0.1) is 35.5 Å². The Labute approximate surface area is 257 Å². The molecule has 0 radical (unpaired) electrons. The topological polar surface area (TPSA) is 3.24 Å². The Hall–Kier alpha value is -3.06. The summed E-state index contributed by atoms with van der Waals surface area (Å²) in [5.74, 6) is 5.86. The maximum Gasteiger partial charge on any atom is 0.0540 e. The second kappa shape index (κ2) is 9.23. The molecule has 0 unspecified atom stereocenters. The van der Waals surface area contributed by atoms with E-state index in [1.807, 2.05) is 0 Å². The molecular formula is C42H45N. The van der Waals surface area contributed by atoms with Crippen LogP contribution in [0.4, 0.5) is 17.1 Å². The molecule has 8 saturated carbocycles. The van der Waals surface area contributed by atoms with Crippen LogP contribution in [-0.4, -0.2) is 0 Å². The van der Waals surface area contributed by atoms with E-state index in [0.717, 1.165) is 35.5 Å². The van der Waals surface area contributed by atoms with Gasteiger partial charge in [0.1, 0.15) is 0 Å². The molecular weight excluding hydrogens is 518 g/mol. The van der Waals surface area contributed by atoms with Crippen molar-refractivity contribution >= 4 is 27.8 Å². The first-order valence-corrected chi connectivity index (χ1v) is 17.6. The fourth-order valence-corrected chi connectivity index (χ4v) is 12.7. The molecule has 218 valence electrons. The summed E-state index contributed by atoms with van der Waals surface area (Å²) in [6, 6.07) is 35.6. The monoisotopic (exact) mass is 563 g/mol. The second-order valence-electron chi connectivity index (χ2n) is 16.3. The summed E-state index contributed by atoms with van der Waals surface area (Å²) in [5, 5.41) is 2.63. The largest absolute Gasteiger partial charge is 0.310 e. The van der Waals surface area contributed by atoms with Gasteiger partial charge in [-0.25, -0.2) is 0 Å². The Morgan fingerprint density at radius 1 is 0.419 bits per heavy atom. The Morgan fingerprint density at radius 3 is 1.26 bits per heavy atom. The molecule has 4 aromatic carbocycles. The van der Waals surface area contributed by atoms with Crippen molar-refractivity contribution in [2.75, 3.05) is 4.90 Å². The number of hydrogen-bond acceptors (Lipinski definition) is 1. The molecule has 1 heteroatoms. The molecule has 0 aliphatic heterocycles. The van der Waals surface area contributed by atoms with Crippen molar-refractivity contribution < 1.29 is 0 Å². The molecule has 8 bridgehead atoms. The molecule has 0 aromatic heterocycles. The second-order valence-corrected chi connectivity index (χ2v) is 16.3. The van der Waals surface area contributed by atoms with Gasteiger partial charge in [-0.1, -0.05) is 60.7 Å². The summed E-state index contributed by atoms with van der Waals surface area (Å²) in [7, 11) is 0. The highest BCUT2D eigenvalue weighted by Crippen LogP contribution is 2.62. The highest BCUT2D eigenvalue weighted by Gasteiger charge is 2.52. The third kappa shape index (κ3) is 3.95. The van der Waals surface area contributed by atoms with E-state index < -0.39 is 0 Å². The van der Waals surface area contributed by atoms with Crippen molar-refractivity contribution in [3.8, 4) is 0 Å². The average molecular weight is 564 g/mol. The maximum atomic E-state index is 2.54. The maximum absolute atomic E-state index is 2.54. The standard InChI is InChI=1S/C42H45N/c1-2-6-39-34(4-1)5-3-7-40(39)43(37-12-8-35(9-13-37)41-22-28-16-29(23-41)18-30(17-28)24-41)38-14-10-36(11-15-38)42-25-31-19-32(26-42)21-33(20-31)27-42/h1-15,28-33H,16-27H2. The van der Waals surface area contributed by atoms with E-state index in [9.17, 15) is 0 Å². The summed E-state index contributed by atoms with van der Waals surface area (Å²) in [6.07, 6.45) is 17.6. The first-order valence-electron chi connectivity index (χ1n) is 17.6. The van der Waals surface area contributed by atoms with Gasteiger partial charge in [0.15, 0.2) is 0 Å². The molecule has 0 spiro atoms. The summed E-state index contributed by atoms with van der Waals surface area (Å²) < 4.78 is 0. The van der Waals surface area contributed by atoms with Crippen LogP contribution in [0.3, 0.4) is 0 Å². The zero-order valence-electron chi connectivity index (χ0n) is 25.6. The molecule has 43 heavy (non-hydrogen) atoms. The van der Waals surface area contributed by atoms with Crippen molar-refractivity contribution in [3.63, 3.8) is 0 Å². The first kappa shape index (κ1) is 25.3. The minimum Gasteiger partial charge on any atom is -0.310 e. The lowest BCUT2D eigenvalue weighted by atomic mass is 9.48. The van der Waals surface area contributed by atoms with E-state index in [-0.39, 0.29) is 0 Å². The van der Waals surface area contributed by atoms with Gasteiger partial charge in [0.05, 0.1) is 5.69 Å². The summed E-state index contributed by atoms with van der Waals surface area (Å²) in [5.41, 5.74) is 7.97. The zero-order chi connectivity index (χ0) is 28.2. The predicted octanol–water partition coefficient (Wildman–Crippen LogP) is 11.2. The molecule has 0 saturated heterocycles. The third-order valence-corrected chi connectivity index (χ3v) is 13.6. The van der Waals surface area contributed by atoms with Crippen LogP contribution in [0.15, 0.2) is 91.0 Å². The highest BCUT2D eigenvalue weighted by atomic mass is 15.1. The Kier molecular flexibility index (Phi) is 5.43.